The van der Waals surface area contributed by atoms with Crippen LogP contribution in [0.2, 0.25) is 5.28 Å². The van der Waals surface area contributed by atoms with Crippen LogP contribution in [0.1, 0.15) is 13.8 Å². The lowest BCUT2D eigenvalue weighted by Gasteiger charge is -2.23. The fraction of sp³-hybridized carbons (Fsp3) is 0.571. The van der Waals surface area contributed by atoms with Gasteiger partial charge < -0.3 is 10.4 Å². The van der Waals surface area contributed by atoms with Crippen LogP contribution in [0.3, 0.4) is 0 Å². The van der Waals surface area contributed by atoms with Gasteiger partial charge in [0.1, 0.15) is 5.82 Å². The van der Waals surface area contributed by atoms with Crippen molar-refractivity contribution in [3.63, 3.8) is 0 Å². The molecular formula is C7H11ClN4O. The van der Waals surface area contributed by atoms with Crippen LogP contribution in [0, 0.1) is 0 Å². The molecule has 2 N–H and O–H groups in total. The van der Waals surface area contributed by atoms with E-state index < -0.39 is 5.54 Å². The van der Waals surface area contributed by atoms with Crippen LogP contribution in [0.15, 0.2) is 6.20 Å². The molecule has 0 radical (unpaired) electrons. The van der Waals surface area contributed by atoms with Gasteiger partial charge in [-0.25, -0.2) is 0 Å². The molecule has 6 heteroatoms. The smallest absolute Gasteiger partial charge is 0.244 e. The number of hydrogen-bond acceptors (Lipinski definition) is 5. The summed E-state index contributed by atoms with van der Waals surface area (Å²) in [4.78, 5) is 3.88. The molecule has 0 spiro atoms. The number of halogens is 1. The summed E-state index contributed by atoms with van der Waals surface area (Å²) in [5, 5.41) is 19.1. The van der Waals surface area contributed by atoms with E-state index in [2.05, 4.69) is 20.5 Å². The predicted octanol–water partition coefficient (Wildman–Crippen LogP) is 0.708. The number of aliphatic hydroxyl groups excluding tert-OH is 1. The zero-order valence-corrected chi connectivity index (χ0v) is 8.21. The van der Waals surface area contributed by atoms with Gasteiger partial charge in [-0.3, -0.25) is 0 Å². The zero-order valence-electron chi connectivity index (χ0n) is 7.45. The van der Waals surface area contributed by atoms with Crippen molar-refractivity contribution >= 4 is 17.4 Å². The molecule has 1 aromatic heterocycles. The van der Waals surface area contributed by atoms with Crippen molar-refractivity contribution in [2.75, 3.05) is 11.9 Å². The second-order valence-electron chi connectivity index (χ2n) is 3.28. The van der Waals surface area contributed by atoms with Gasteiger partial charge in [-0.1, -0.05) is 0 Å². The molecule has 72 valence electrons. The van der Waals surface area contributed by atoms with Crippen LogP contribution in [0.5, 0.6) is 0 Å². The number of aliphatic hydroxyl groups is 1. The van der Waals surface area contributed by atoms with E-state index in [-0.39, 0.29) is 11.9 Å². The largest absolute Gasteiger partial charge is 0.394 e. The molecular weight excluding hydrogens is 192 g/mol. The second-order valence-corrected chi connectivity index (χ2v) is 3.62. The minimum absolute atomic E-state index is 0.00534. The van der Waals surface area contributed by atoms with Gasteiger partial charge in [0.05, 0.1) is 18.3 Å². The van der Waals surface area contributed by atoms with E-state index >= 15 is 0 Å². The van der Waals surface area contributed by atoms with E-state index in [1.165, 1.54) is 6.20 Å². The molecule has 0 amide bonds. The summed E-state index contributed by atoms with van der Waals surface area (Å²) < 4.78 is 0. The van der Waals surface area contributed by atoms with Crippen LogP contribution < -0.4 is 5.32 Å². The topological polar surface area (TPSA) is 70.9 Å². The summed E-state index contributed by atoms with van der Waals surface area (Å²) in [5.74, 6) is 0.499. The molecule has 0 saturated carbocycles. The highest BCUT2D eigenvalue weighted by Crippen LogP contribution is 2.11. The van der Waals surface area contributed by atoms with Crippen LogP contribution in [0.4, 0.5) is 5.82 Å². The maximum Gasteiger partial charge on any atom is 0.244 e. The van der Waals surface area contributed by atoms with Crippen LogP contribution in [-0.4, -0.2) is 32.4 Å². The third-order valence-electron chi connectivity index (χ3n) is 1.39. The van der Waals surface area contributed by atoms with Crippen LogP contribution >= 0.6 is 11.6 Å². The highest BCUT2D eigenvalue weighted by atomic mass is 35.5. The first-order chi connectivity index (χ1) is 6.03. The minimum atomic E-state index is -0.445. The van der Waals surface area contributed by atoms with E-state index in [0.717, 1.165) is 0 Å². The van der Waals surface area contributed by atoms with Gasteiger partial charge >= 0.3 is 0 Å². The first-order valence-corrected chi connectivity index (χ1v) is 4.15. The van der Waals surface area contributed by atoms with Gasteiger partial charge in [-0.15, -0.1) is 5.10 Å². The second kappa shape index (κ2) is 3.85. The van der Waals surface area contributed by atoms with E-state index in [0.29, 0.717) is 5.82 Å². The minimum Gasteiger partial charge on any atom is -0.394 e. The number of anilines is 1. The van der Waals surface area contributed by atoms with E-state index in [9.17, 15) is 0 Å². The molecule has 0 aliphatic rings. The maximum atomic E-state index is 8.97. The third kappa shape index (κ3) is 3.12. The van der Waals surface area contributed by atoms with Gasteiger partial charge in [-0.05, 0) is 25.4 Å². The summed E-state index contributed by atoms with van der Waals surface area (Å²) in [6, 6.07) is 0. The van der Waals surface area contributed by atoms with Crippen molar-refractivity contribution in [1.29, 1.82) is 0 Å². The highest BCUT2D eigenvalue weighted by Gasteiger charge is 2.16. The molecule has 1 heterocycles. The van der Waals surface area contributed by atoms with E-state index in [4.69, 9.17) is 16.7 Å². The van der Waals surface area contributed by atoms with Gasteiger partial charge in [-0.2, -0.15) is 10.1 Å². The van der Waals surface area contributed by atoms with Crippen LogP contribution in [0.25, 0.3) is 0 Å². The molecule has 0 unspecified atom stereocenters. The Kier molecular flexibility index (Phi) is 3.00. The lowest BCUT2D eigenvalue weighted by Crippen LogP contribution is -2.35. The first-order valence-electron chi connectivity index (χ1n) is 3.78. The number of nitrogens with zero attached hydrogens (tertiary/aromatic N) is 3. The van der Waals surface area contributed by atoms with Crippen molar-refractivity contribution in [3.05, 3.63) is 11.5 Å². The van der Waals surface area contributed by atoms with Crippen molar-refractivity contribution in [2.45, 2.75) is 19.4 Å². The molecule has 13 heavy (non-hydrogen) atoms. The lowest BCUT2D eigenvalue weighted by atomic mass is 10.1. The summed E-state index contributed by atoms with van der Waals surface area (Å²) in [6.07, 6.45) is 1.45. The molecule has 0 aromatic carbocycles. The van der Waals surface area contributed by atoms with Crippen molar-refractivity contribution < 1.29 is 5.11 Å². The molecule has 1 aromatic rings. The van der Waals surface area contributed by atoms with Crippen molar-refractivity contribution in [2.24, 2.45) is 0 Å². The Bertz CT molecular complexity index is 292. The monoisotopic (exact) mass is 202 g/mol. The Balaban J connectivity index is 2.74. The number of hydrogen-bond donors (Lipinski definition) is 2. The number of aromatic nitrogens is 3. The molecule has 1 rings (SSSR count). The molecule has 0 bridgehead atoms. The van der Waals surface area contributed by atoms with Gasteiger partial charge in [0.25, 0.3) is 0 Å². The standard InChI is InChI=1S/C7H11ClN4O/c1-7(2,4-13)11-5-3-9-12-6(8)10-5/h3,13H,4H2,1-2H3,(H,10,11,12). The van der Waals surface area contributed by atoms with E-state index in [1.54, 1.807) is 0 Å². The van der Waals surface area contributed by atoms with Crippen LogP contribution in [-0.2, 0) is 0 Å². The molecule has 0 fully saturated rings. The fourth-order valence-electron chi connectivity index (χ4n) is 0.728. The fourth-order valence-corrected chi connectivity index (χ4v) is 0.863. The third-order valence-corrected chi connectivity index (χ3v) is 1.55. The predicted molar refractivity (Wildman–Crippen MR) is 49.6 cm³/mol. The molecule has 0 aliphatic heterocycles. The quantitative estimate of drug-likeness (QED) is 0.756. The van der Waals surface area contributed by atoms with Crippen molar-refractivity contribution in [1.82, 2.24) is 15.2 Å². The van der Waals surface area contributed by atoms with Gasteiger partial charge in [0, 0.05) is 0 Å². The van der Waals surface area contributed by atoms with Crippen molar-refractivity contribution in [3.8, 4) is 0 Å². The zero-order chi connectivity index (χ0) is 9.90. The first kappa shape index (κ1) is 10.1. The number of rotatable bonds is 3. The normalized spacial score (nSPS) is 11.4. The molecule has 0 saturated heterocycles. The SMILES string of the molecule is CC(C)(CO)Nc1cnnc(Cl)n1. The maximum absolute atomic E-state index is 8.97. The molecule has 0 atom stereocenters. The Morgan fingerprint density at radius 1 is 1.62 bits per heavy atom. The average molecular weight is 203 g/mol. The molecule has 5 nitrogen and oxygen atoms in total. The highest BCUT2D eigenvalue weighted by molar-refractivity contribution is 6.28. The lowest BCUT2D eigenvalue weighted by molar-refractivity contribution is 0.234. The van der Waals surface area contributed by atoms with Gasteiger partial charge in [0.15, 0.2) is 0 Å². The Hall–Kier alpha value is -0.940. The van der Waals surface area contributed by atoms with E-state index in [1.807, 2.05) is 13.8 Å². The Morgan fingerprint density at radius 2 is 2.31 bits per heavy atom. The average Bonchev–Trinajstić information content (AvgIpc) is 2.03. The summed E-state index contributed by atoms with van der Waals surface area (Å²) >= 11 is 5.53. The molecule has 0 aliphatic carbocycles. The van der Waals surface area contributed by atoms with Gasteiger partial charge in [0.2, 0.25) is 5.28 Å². The Morgan fingerprint density at radius 3 is 2.85 bits per heavy atom. The summed E-state index contributed by atoms with van der Waals surface area (Å²) in [7, 11) is 0. The Labute approximate surface area is 81.2 Å². The number of nitrogens with one attached hydrogen (secondary N) is 1. The summed E-state index contributed by atoms with van der Waals surface area (Å²) in [5.41, 5.74) is -0.445. The summed E-state index contributed by atoms with van der Waals surface area (Å²) in [6.45, 7) is 3.67.